The van der Waals surface area contributed by atoms with Crippen molar-refractivity contribution in [2.24, 2.45) is 5.73 Å². The van der Waals surface area contributed by atoms with Gasteiger partial charge in [-0.25, -0.2) is 8.78 Å². The van der Waals surface area contributed by atoms with Crippen LogP contribution < -0.4 is 5.73 Å². The van der Waals surface area contributed by atoms with Crippen LogP contribution in [0.15, 0.2) is 24.3 Å². The first kappa shape index (κ1) is 12.0. The molecule has 2 nitrogen and oxygen atoms in total. The lowest BCUT2D eigenvalue weighted by Gasteiger charge is -2.35. The molecule has 0 amide bonds. The third-order valence-corrected chi connectivity index (χ3v) is 4.69. The van der Waals surface area contributed by atoms with Gasteiger partial charge in [-0.15, -0.1) is 0 Å². The van der Waals surface area contributed by atoms with E-state index in [0.29, 0.717) is 12.0 Å². The van der Waals surface area contributed by atoms with Gasteiger partial charge in [0.05, 0.1) is 0 Å². The van der Waals surface area contributed by atoms with Crippen LogP contribution in [0.5, 0.6) is 0 Å². The van der Waals surface area contributed by atoms with Crippen LogP contribution in [0.25, 0.3) is 0 Å². The Kier molecular flexibility index (Phi) is 2.80. The Balaban J connectivity index is 2.57. The Labute approximate surface area is 101 Å². The maximum absolute atomic E-state index is 13.8. The summed E-state index contributed by atoms with van der Waals surface area (Å²) in [6, 6.07) is 6.15. The van der Waals surface area contributed by atoms with Gasteiger partial charge >= 0.3 is 0 Å². The fraction of sp³-hybridized carbons (Fsp3) is 0.455. The van der Waals surface area contributed by atoms with Crippen molar-refractivity contribution in [2.45, 2.75) is 22.7 Å². The van der Waals surface area contributed by atoms with Crippen LogP contribution >= 0.6 is 15.9 Å². The minimum atomic E-state index is -3.28. The van der Waals surface area contributed by atoms with Crippen LogP contribution in [0.1, 0.15) is 11.1 Å². The van der Waals surface area contributed by atoms with E-state index in [0.717, 1.165) is 5.56 Å². The molecule has 0 aromatic heterocycles. The van der Waals surface area contributed by atoms with Crippen molar-refractivity contribution in [2.75, 3.05) is 6.61 Å². The zero-order valence-corrected chi connectivity index (χ0v) is 10.0. The zero-order chi connectivity index (χ0) is 12.0. The molecule has 0 aliphatic heterocycles. The Hall–Kier alpha value is -0.520. The van der Waals surface area contributed by atoms with Gasteiger partial charge in [-0.3, -0.25) is 0 Å². The van der Waals surface area contributed by atoms with E-state index in [2.05, 4.69) is 15.9 Å². The zero-order valence-electron chi connectivity index (χ0n) is 8.46. The number of nitrogens with two attached hydrogens (primary N) is 1. The molecule has 1 aliphatic carbocycles. The summed E-state index contributed by atoms with van der Waals surface area (Å²) in [4.78, 5) is 0. The molecule has 1 aromatic carbocycles. The van der Waals surface area contributed by atoms with Crippen molar-refractivity contribution < 1.29 is 13.9 Å². The van der Waals surface area contributed by atoms with E-state index in [-0.39, 0.29) is 0 Å². The molecule has 3 N–H and O–H groups in total. The second kappa shape index (κ2) is 3.75. The average Bonchev–Trinajstić information content (AvgIpc) is 2.53. The molecule has 0 saturated heterocycles. The van der Waals surface area contributed by atoms with Crippen molar-refractivity contribution in [3.63, 3.8) is 0 Å². The van der Waals surface area contributed by atoms with Crippen molar-refractivity contribution in [3.05, 3.63) is 35.4 Å². The molecule has 88 valence electrons. The number of hydrogen-bond donors (Lipinski definition) is 2. The molecule has 0 saturated carbocycles. The van der Waals surface area contributed by atoms with Crippen molar-refractivity contribution in [1.82, 2.24) is 0 Å². The Morgan fingerprint density at radius 3 is 2.75 bits per heavy atom. The number of hydrogen-bond acceptors (Lipinski definition) is 2. The topological polar surface area (TPSA) is 46.2 Å². The van der Waals surface area contributed by atoms with E-state index < -0.39 is 22.9 Å². The Bertz CT molecular complexity index is 413. The lowest BCUT2D eigenvalue weighted by molar-refractivity contribution is -0.0854. The summed E-state index contributed by atoms with van der Waals surface area (Å²) in [5.74, 6) is -3.28. The van der Waals surface area contributed by atoms with Gasteiger partial charge in [-0.05, 0) is 17.5 Å². The normalized spacial score (nSPS) is 29.2. The van der Waals surface area contributed by atoms with Crippen LogP contribution in [-0.4, -0.2) is 23.7 Å². The van der Waals surface area contributed by atoms with E-state index >= 15 is 0 Å². The summed E-state index contributed by atoms with van der Waals surface area (Å²) in [5.41, 5.74) is 7.07. The third-order valence-electron chi connectivity index (χ3n) is 3.09. The maximum atomic E-state index is 13.8. The second-order valence-electron chi connectivity index (χ2n) is 4.04. The molecular formula is C11H12BrF2NO. The summed E-state index contributed by atoms with van der Waals surface area (Å²) in [5, 5.41) is 8.83. The standard InChI is InChI=1S/C11H12BrF2NO/c12-11(10(13,14)6-16)8-4-2-1-3-7(8)5-9(11)15/h1-4,9,16H,5-6,15H2/t9?,11-/m1/s1. The number of fused-ring (bicyclic) bond motifs is 1. The predicted octanol–water partition coefficient (Wildman–Crippen LogP) is 1.79. The fourth-order valence-electron chi connectivity index (χ4n) is 2.21. The van der Waals surface area contributed by atoms with Gasteiger partial charge in [-0.2, -0.15) is 0 Å². The summed E-state index contributed by atoms with van der Waals surface area (Å²) < 4.78 is 25.9. The van der Waals surface area contributed by atoms with Gasteiger partial charge in [0.2, 0.25) is 0 Å². The van der Waals surface area contributed by atoms with Crippen molar-refractivity contribution in [3.8, 4) is 0 Å². The van der Waals surface area contributed by atoms with Gasteiger partial charge in [0.25, 0.3) is 5.92 Å². The summed E-state index contributed by atoms with van der Waals surface area (Å²) >= 11 is 3.06. The van der Waals surface area contributed by atoms with Crippen LogP contribution in [0.2, 0.25) is 0 Å². The van der Waals surface area contributed by atoms with E-state index in [1.165, 1.54) is 0 Å². The van der Waals surface area contributed by atoms with Crippen LogP contribution in [0.4, 0.5) is 8.78 Å². The first-order chi connectivity index (χ1) is 7.43. The molecule has 16 heavy (non-hydrogen) atoms. The van der Waals surface area contributed by atoms with Crippen LogP contribution in [-0.2, 0) is 10.7 Å². The van der Waals surface area contributed by atoms with Gasteiger partial charge < -0.3 is 10.8 Å². The van der Waals surface area contributed by atoms with Crippen LogP contribution in [0.3, 0.4) is 0 Å². The fourth-order valence-corrected chi connectivity index (χ4v) is 2.89. The SMILES string of the molecule is NC1Cc2ccccc2[C@]1(Br)C(F)(F)CO. The van der Waals surface area contributed by atoms with Crippen molar-refractivity contribution in [1.29, 1.82) is 0 Å². The number of rotatable bonds is 2. The number of aliphatic hydroxyl groups is 1. The molecule has 0 heterocycles. The molecule has 1 aromatic rings. The largest absolute Gasteiger partial charge is 0.390 e. The monoisotopic (exact) mass is 291 g/mol. The summed E-state index contributed by atoms with van der Waals surface area (Å²) in [6.45, 7) is -1.22. The Morgan fingerprint density at radius 1 is 1.50 bits per heavy atom. The molecular weight excluding hydrogens is 280 g/mol. The van der Waals surface area contributed by atoms with E-state index in [4.69, 9.17) is 10.8 Å². The second-order valence-corrected chi connectivity index (χ2v) is 5.29. The Morgan fingerprint density at radius 2 is 2.12 bits per heavy atom. The number of halogens is 3. The van der Waals surface area contributed by atoms with E-state index in [1.54, 1.807) is 24.3 Å². The molecule has 2 atom stereocenters. The van der Waals surface area contributed by atoms with Crippen molar-refractivity contribution >= 4 is 15.9 Å². The smallest absolute Gasteiger partial charge is 0.291 e. The molecule has 5 heteroatoms. The molecule has 0 spiro atoms. The van der Waals surface area contributed by atoms with E-state index in [1.807, 2.05) is 0 Å². The van der Waals surface area contributed by atoms with Gasteiger partial charge in [0, 0.05) is 6.04 Å². The minimum absolute atomic E-state index is 0.386. The first-order valence-electron chi connectivity index (χ1n) is 4.95. The highest BCUT2D eigenvalue weighted by atomic mass is 79.9. The average molecular weight is 292 g/mol. The first-order valence-corrected chi connectivity index (χ1v) is 5.74. The quantitative estimate of drug-likeness (QED) is 0.816. The van der Waals surface area contributed by atoms with Gasteiger partial charge in [0.15, 0.2) is 0 Å². The number of aliphatic hydroxyl groups excluding tert-OH is 1. The lowest BCUT2D eigenvalue weighted by Crippen LogP contribution is -2.52. The van der Waals surface area contributed by atoms with E-state index in [9.17, 15) is 8.78 Å². The summed E-state index contributed by atoms with van der Waals surface area (Å²) in [7, 11) is 0. The lowest BCUT2D eigenvalue weighted by atomic mass is 9.91. The summed E-state index contributed by atoms with van der Waals surface area (Å²) in [6.07, 6.45) is 0.386. The number of benzene rings is 1. The minimum Gasteiger partial charge on any atom is -0.390 e. The highest BCUT2D eigenvalue weighted by Gasteiger charge is 2.59. The molecule has 0 bridgehead atoms. The molecule has 0 fully saturated rings. The van der Waals surface area contributed by atoms with Gasteiger partial charge in [0.1, 0.15) is 10.9 Å². The molecule has 0 radical (unpaired) electrons. The molecule has 1 aliphatic rings. The maximum Gasteiger partial charge on any atom is 0.291 e. The molecule has 1 unspecified atom stereocenters. The highest BCUT2D eigenvalue weighted by Crippen LogP contribution is 2.52. The van der Waals surface area contributed by atoms with Gasteiger partial charge in [-0.1, -0.05) is 40.2 Å². The predicted molar refractivity (Wildman–Crippen MR) is 60.8 cm³/mol. The number of alkyl halides is 3. The van der Waals surface area contributed by atoms with Crippen LogP contribution in [0, 0.1) is 0 Å². The molecule has 2 rings (SSSR count). The third kappa shape index (κ3) is 1.42. The highest BCUT2D eigenvalue weighted by molar-refractivity contribution is 9.09.